The molecule has 3 N–H and O–H groups in total. The van der Waals surface area contributed by atoms with Crippen LogP contribution in [0.3, 0.4) is 0 Å². The quantitative estimate of drug-likeness (QED) is 0.191. The molecule has 0 bridgehead atoms. The molecule has 0 radical (unpaired) electrons. The number of allylic oxidation sites excluding steroid dienone is 6. The number of carbonyl (C=O) groups excluding carboxylic acids is 1. The molecule has 1 atom stereocenters. The lowest BCUT2D eigenvalue weighted by molar-refractivity contribution is -0.142. The number of hydrogen-bond donors (Lipinski definition) is 3. The summed E-state index contributed by atoms with van der Waals surface area (Å²) in [5.74, 6) is -2.40. The fourth-order valence-corrected chi connectivity index (χ4v) is 2.82. The number of unbranched alkanes of at least 4 members (excludes halogenated alkanes) is 5. The molecule has 0 aromatic heterocycles. The van der Waals surface area contributed by atoms with Gasteiger partial charge >= 0.3 is 11.9 Å². The summed E-state index contributed by atoms with van der Waals surface area (Å²) < 4.78 is 0. The van der Waals surface area contributed by atoms with Crippen molar-refractivity contribution in [1.29, 1.82) is 0 Å². The summed E-state index contributed by atoms with van der Waals surface area (Å²) in [6, 6.07) is -1.02. The molecule has 0 aromatic rings. The SMILES string of the molecule is CCCCC/C=C\C/C=C\C/C=C\CCCCC(=O)N[C@H](CCCC(=O)O)C(=O)O. The van der Waals surface area contributed by atoms with Crippen molar-refractivity contribution < 1.29 is 24.6 Å². The van der Waals surface area contributed by atoms with E-state index in [0.29, 0.717) is 6.42 Å². The summed E-state index contributed by atoms with van der Waals surface area (Å²) in [5.41, 5.74) is 0. The van der Waals surface area contributed by atoms with Gasteiger partial charge in [-0.1, -0.05) is 56.2 Å². The molecule has 0 unspecified atom stereocenters. The zero-order chi connectivity index (χ0) is 22.5. The third-order valence-corrected chi connectivity index (χ3v) is 4.56. The largest absolute Gasteiger partial charge is 0.481 e. The van der Waals surface area contributed by atoms with Crippen LogP contribution in [-0.2, 0) is 14.4 Å². The average Bonchev–Trinajstić information content (AvgIpc) is 2.69. The molecule has 0 aliphatic heterocycles. The van der Waals surface area contributed by atoms with E-state index in [9.17, 15) is 14.4 Å². The van der Waals surface area contributed by atoms with Gasteiger partial charge in [-0.2, -0.15) is 0 Å². The highest BCUT2D eigenvalue weighted by molar-refractivity contribution is 5.83. The standard InChI is InChI=1S/C24H39NO5/c1-2-3-4-5-6-7-8-9-10-11-12-13-14-15-16-19-22(26)25-21(24(29)30)18-17-20-23(27)28/h6-7,9-10,12-13,21H,2-5,8,11,14-20H2,1H3,(H,25,26)(H,27,28)(H,29,30)/b7-6-,10-9-,13-12-/t21-/m1/s1. The molecule has 30 heavy (non-hydrogen) atoms. The smallest absolute Gasteiger partial charge is 0.326 e. The van der Waals surface area contributed by atoms with Crippen LogP contribution in [0.25, 0.3) is 0 Å². The Morgan fingerprint density at radius 1 is 0.767 bits per heavy atom. The molecule has 0 aromatic carbocycles. The van der Waals surface area contributed by atoms with Crippen LogP contribution in [0, 0.1) is 0 Å². The molecule has 1 amide bonds. The summed E-state index contributed by atoms with van der Waals surface area (Å²) in [7, 11) is 0. The van der Waals surface area contributed by atoms with E-state index in [1.54, 1.807) is 0 Å². The van der Waals surface area contributed by atoms with E-state index in [4.69, 9.17) is 10.2 Å². The minimum atomic E-state index is -1.13. The number of nitrogens with one attached hydrogen (secondary N) is 1. The van der Waals surface area contributed by atoms with Gasteiger partial charge in [0.25, 0.3) is 0 Å². The maximum atomic E-state index is 11.9. The third kappa shape index (κ3) is 19.0. The molecule has 0 spiro atoms. The van der Waals surface area contributed by atoms with E-state index >= 15 is 0 Å². The van der Waals surface area contributed by atoms with Crippen molar-refractivity contribution in [3.05, 3.63) is 36.5 Å². The Hall–Kier alpha value is -2.37. The third-order valence-electron chi connectivity index (χ3n) is 4.56. The molecule has 6 nitrogen and oxygen atoms in total. The molecule has 0 heterocycles. The van der Waals surface area contributed by atoms with Crippen LogP contribution in [-0.4, -0.2) is 34.1 Å². The first-order chi connectivity index (χ1) is 14.5. The number of carbonyl (C=O) groups is 3. The lowest BCUT2D eigenvalue weighted by Gasteiger charge is -2.13. The topological polar surface area (TPSA) is 104 Å². The fourth-order valence-electron chi connectivity index (χ4n) is 2.82. The first-order valence-corrected chi connectivity index (χ1v) is 11.2. The highest BCUT2D eigenvalue weighted by atomic mass is 16.4. The highest BCUT2D eigenvalue weighted by Gasteiger charge is 2.19. The van der Waals surface area contributed by atoms with Gasteiger partial charge in [0.1, 0.15) is 6.04 Å². The van der Waals surface area contributed by atoms with E-state index in [2.05, 4.69) is 48.7 Å². The lowest BCUT2D eigenvalue weighted by Crippen LogP contribution is -2.40. The van der Waals surface area contributed by atoms with Gasteiger partial charge in [-0.25, -0.2) is 4.79 Å². The van der Waals surface area contributed by atoms with Gasteiger partial charge in [-0.05, 0) is 57.8 Å². The summed E-state index contributed by atoms with van der Waals surface area (Å²) in [5, 5.41) is 20.2. The monoisotopic (exact) mass is 421 g/mol. The van der Waals surface area contributed by atoms with Crippen LogP contribution in [0.2, 0.25) is 0 Å². The van der Waals surface area contributed by atoms with Crippen LogP contribution in [0.4, 0.5) is 0 Å². The molecule has 0 saturated heterocycles. The summed E-state index contributed by atoms with van der Waals surface area (Å²) in [4.78, 5) is 33.5. The lowest BCUT2D eigenvalue weighted by atomic mass is 10.1. The number of aliphatic carboxylic acids is 2. The Kier molecular flexibility index (Phi) is 18.4. The van der Waals surface area contributed by atoms with Crippen LogP contribution in [0.5, 0.6) is 0 Å². The van der Waals surface area contributed by atoms with Gasteiger partial charge < -0.3 is 15.5 Å². The Morgan fingerprint density at radius 3 is 1.87 bits per heavy atom. The Balaban J connectivity index is 3.75. The van der Waals surface area contributed by atoms with Gasteiger partial charge in [-0.15, -0.1) is 0 Å². The highest BCUT2D eigenvalue weighted by Crippen LogP contribution is 2.05. The molecule has 0 aliphatic rings. The van der Waals surface area contributed by atoms with E-state index < -0.39 is 18.0 Å². The van der Waals surface area contributed by atoms with Crippen LogP contribution >= 0.6 is 0 Å². The number of carboxylic acid groups (broad SMARTS) is 2. The molecule has 0 rings (SSSR count). The van der Waals surface area contributed by atoms with Crippen molar-refractivity contribution in [2.45, 2.75) is 96.4 Å². The van der Waals surface area contributed by atoms with E-state index in [0.717, 1.165) is 25.7 Å². The van der Waals surface area contributed by atoms with Crippen LogP contribution < -0.4 is 5.32 Å². The van der Waals surface area contributed by atoms with Gasteiger partial charge in [0.2, 0.25) is 5.91 Å². The normalized spacial score (nSPS) is 12.7. The van der Waals surface area contributed by atoms with Crippen molar-refractivity contribution >= 4 is 17.8 Å². The second-order valence-corrected chi connectivity index (χ2v) is 7.37. The van der Waals surface area contributed by atoms with Crippen molar-refractivity contribution in [2.75, 3.05) is 0 Å². The fraction of sp³-hybridized carbons (Fsp3) is 0.625. The van der Waals surface area contributed by atoms with E-state index in [1.807, 2.05) is 0 Å². The first-order valence-electron chi connectivity index (χ1n) is 11.2. The molecular weight excluding hydrogens is 382 g/mol. The average molecular weight is 422 g/mol. The molecule has 6 heteroatoms. The zero-order valence-electron chi connectivity index (χ0n) is 18.4. The van der Waals surface area contributed by atoms with Gasteiger partial charge in [-0.3, -0.25) is 9.59 Å². The Labute approximate surface area is 181 Å². The predicted molar refractivity (Wildman–Crippen MR) is 120 cm³/mol. The molecular formula is C24H39NO5. The molecule has 0 aliphatic carbocycles. The first kappa shape index (κ1) is 27.6. The van der Waals surface area contributed by atoms with E-state index in [1.165, 1.54) is 25.7 Å². The second-order valence-electron chi connectivity index (χ2n) is 7.37. The summed E-state index contributed by atoms with van der Waals surface area (Å²) >= 11 is 0. The summed E-state index contributed by atoms with van der Waals surface area (Å²) in [6.07, 6.45) is 22.8. The minimum Gasteiger partial charge on any atom is -0.481 e. The summed E-state index contributed by atoms with van der Waals surface area (Å²) in [6.45, 7) is 2.21. The number of rotatable bonds is 19. The van der Waals surface area contributed by atoms with Crippen molar-refractivity contribution in [1.82, 2.24) is 5.32 Å². The van der Waals surface area contributed by atoms with Gasteiger partial charge in [0.15, 0.2) is 0 Å². The molecule has 0 fully saturated rings. The maximum Gasteiger partial charge on any atom is 0.326 e. The Bertz CT molecular complexity index is 566. The van der Waals surface area contributed by atoms with Gasteiger partial charge in [0, 0.05) is 12.8 Å². The molecule has 170 valence electrons. The van der Waals surface area contributed by atoms with Crippen molar-refractivity contribution in [3.63, 3.8) is 0 Å². The number of amides is 1. The predicted octanol–water partition coefficient (Wildman–Crippen LogP) is 5.40. The van der Waals surface area contributed by atoms with Crippen LogP contribution in [0.15, 0.2) is 36.5 Å². The van der Waals surface area contributed by atoms with E-state index in [-0.39, 0.29) is 31.6 Å². The van der Waals surface area contributed by atoms with Gasteiger partial charge in [0.05, 0.1) is 0 Å². The number of hydrogen-bond acceptors (Lipinski definition) is 3. The minimum absolute atomic E-state index is 0.100. The Morgan fingerprint density at radius 2 is 1.33 bits per heavy atom. The molecule has 0 saturated carbocycles. The van der Waals surface area contributed by atoms with Crippen molar-refractivity contribution in [3.8, 4) is 0 Å². The second kappa shape index (κ2) is 19.9. The zero-order valence-corrected chi connectivity index (χ0v) is 18.4. The maximum absolute atomic E-state index is 11.9. The van der Waals surface area contributed by atoms with Crippen molar-refractivity contribution in [2.24, 2.45) is 0 Å². The van der Waals surface area contributed by atoms with Crippen LogP contribution in [0.1, 0.15) is 90.4 Å². The number of carboxylic acids is 2.